The fourth-order valence-corrected chi connectivity index (χ4v) is 6.62. The molecule has 4 aromatic rings. The van der Waals surface area contributed by atoms with Crippen molar-refractivity contribution in [1.29, 1.82) is 0 Å². The molecule has 3 heterocycles. The molecule has 1 N–H and O–H groups in total. The molecule has 0 unspecified atom stereocenters. The van der Waals surface area contributed by atoms with Crippen LogP contribution in [0.5, 0.6) is 11.5 Å². The summed E-state index contributed by atoms with van der Waals surface area (Å²) in [7, 11) is -6.15. The van der Waals surface area contributed by atoms with E-state index in [0.29, 0.717) is 17.1 Å². The number of ether oxygens (including phenoxy) is 2. The molecule has 0 radical (unpaired) electrons. The Hall–Kier alpha value is -4.05. The number of nitrogens with one attached hydrogen (secondary N) is 1. The standard InChI is InChI=1S/C28H28FN3O9S2/c1-16-25-22(32(43(4,36)37)14-21(39-16)15-42(3,34)35)13-23-26(30-25)24(28(33)31-38-2)27(41-23)17-5-9-19(10-6-17)40-20-11-7-18(29)8-12-20/h5-13,16,21H,14-15H2,1-4H3,(H,31,33)/t16-,21-/m0/s1. The number of amides is 1. The SMILES string of the molecule is CONC(=O)c1c(-c2ccc(Oc3ccc(F)cc3)cc2)oc2cc3c(nc12)[C@H](C)O[C@H](CS(C)(=O)=O)CN3S(C)(=O)=O. The van der Waals surface area contributed by atoms with Crippen molar-refractivity contribution in [3.8, 4) is 22.8 Å². The fourth-order valence-electron chi connectivity index (χ4n) is 4.82. The number of halogens is 1. The summed E-state index contributed by atoms with van der Waals surface area (Å²) in [4.78, 5) is 22.7. The van der Waals surface area contributed by atoms with Gasteiger partial charge in [-0.3, -0.25) is 13.9 Å². The summed E-state index contributed by atoms with van der Waals surface area (Å²) < 4.78 is 81.9. The molecule has 0 saturated carbocycles. The minimum atomic E-state index is -3.91. The summed E-state index contributed by atoms with van der Waals surface area (Å²) in [5, 5.41) is 0. The maximum atomic E-state index is 13.2. The van der Waals surface area contributed by atoms with E-state index in [2.05, 4.69) is 10.5 Å². The van der Waals surface area contributed by atoms with Crippen LogP contribution in [0.3, 0.4) is 0 Å². The van der Waals surface area contributed by atoms with Gasteiger partial charge in [0.2, 0.25) is 10.0 Å². The topological polar surface area (TPSA) is 154 Å². The first-order chi connectivity index (χ1) is 20.2. The number of hydroxylamine groups is 1. The second kappa shape index (κ2) is 11.6. The Labute approximate surface area is 247 Å². The summed E-state index contributed by atoms with van der Waals surface area (Å²) in [6.07, 6.45) is 0.230. The van der Waals surface area contributed by atoms with Crippen molar-refractivity contribution in [3.05, 3.63) is 71.7 Å². The third-order valence-corrected chi connectivity index (χ3v) is 8.69. The highest BCUT2D eigenvalue weighted by Gasteiger charge is 2.36. The van der Waals surface area contributed by atoms with Gasteiger partial charge in [-0.25, -0.2) is 31.7 Å². The molecule has 1 aliphatic heterocycles. The van der Waals surface area contributed by atoms with Crippen LogP contribution >= 0.6 is 0 Å². The highest BCUT2D eigenvalue weighted by atomic mass is 32.2. The van der Waals surface area contributed by atoms with Gasteiger partial charge in [0, 0.05) is 17.9 Å². The minimum absolute atomic E-state index is 0.0156. The smallest absolute Gasteiger partial charge is 0.281 e. The number of carbonyl (C=O) groups is 1. The number of hydrogen-bond donors (Lipinski definition) is 1. The Morgan fingerprint density at radius 2 is 1.70 bits per heavy atom. The van der Waals surface area contributed by atoms with Crippen LogP contribution in [0.1, 0.15) is 29.1 Å². The zero-order valence-corrected chi connectivity index (χ0v) is 25.2. The van der Waals surface area contributed by atoms with Gasteiger partial charge in [0.25, 0.3) is 5.91 Å². The van der Waals surface area contributed by atoms with E-state index in [9.17, 15) is 26.0 Å². The molecule has 0 fully saturated rings. The van der Waals surface area contributed by atoms with E-state index in [4.69, 9.17) is 18.7 Å². The fraction of sp³-hybridized carbons (Fsp3) is 0.286. The molecule has 2 aromatic carbocycles. The lowest BCUT2D eigenvalue weighted by molar-refractivity contribution is 0.0173. The number of sulfone groups is 1. The number of benzene rings is 2. The highest BCUT2D eigenvalue weighted by molar-refractivity contribution is 7.92. The molecule has 0 spiro atoms. The van der Waals surface area contributed by atoms with E-state index in [1.807, 2.05) is 0 Å². The molecule has 1 amide bonds. The summed E-state index contributed by atoms with van der Waals surface area (Å²) in [6, 6.07) is 13.5. The van der Waals surface area contributed by atoms with Gasteiger partial charge in [-0.2, -0.15) is 0 Å². The number of sulfonamides is 1. The average Bonchev–Trinajstić information content (AvgIpc) is 3.23. The van der Waals surface area contributed by atoms with Gasteiger partial charge in [0.05, 0.1) is 49.3 Å². The van der Waals surface area contributed by atoms with Crippen molar-refractivity contribution in [2.24, 2.45) is 0 Å². The molecule has 2 aromatic heterocycles. The Bertz CT molecular complexity index is 1890. The number of pyridine rings is 1. The molecule has 2 atom stereocenters. The number of carbonyl (C=O) groups excluding carboxylic acids is 1. The maximum Gasteiger partial charge on any atom is 0.281 e. The summed E-state index contributed by atoms with van der Waals surface area (Å²) >= 11 is 0. The maximum absolute atomic E-state index is 13.2. The molecular formula is C28H28FN3O9S2. The second-order valence-corrected chi connectivity index (χ2v) is 14.1. The van der Waals surface area contributed by atoms with Crippen LogP contribution in [0.4, 0.5) is 10.1 Å². The largest absolute Gasteiger partial charge is 0.457 e. The van der Waals surface area contributed by atoms with E-state index in [1.165, 1.54) is 37.4 Å². The lowest BCUT2D eigenvalue weighted by atomic mass is 10.1. The van der Waals surface area contributed by atoms with Crippen LogP contribution in [0.2, 0.25) is 0 Å². The first-order valence-electron chi connectivity index (χ1n) is 12.9. The summed E-state index contributed by atoms with van der Waals surface area (Å²) in [5.74, 6) is -0.478. The monoisotopic (exact) mass is 633 g/mol. The van der Waals surface area contributed by atoms with Crippen LogP contribution in [-0.2, 0) is 29.4 Å². The number of rotatable bonds is 8. The quantitative estimate of drug-likeness (QED) is 0.282. The van der Waals surface area contributed by atoms with Crippen LogP contribution < -0.4 is 14.5 Å². The highest BCUT2D eigenvalue weighted by Crippen LogP contribution is 2.40. The van der Waals surface area contributed by atoms with Crippen molar-refractivity contribution in [2.45, 2.75) is 19.1 Å². The number of furan rings is 1. The number of aromatic nitrogens is 1. The molecule has 1 aliphatic rings. The molecule has 12 nitrogen and oxygen atoms in total. The normalized spacial score (nSPS) is 17.4. The third-order valence-electron chi connectivity index (χ3n) is 6.57. The number of anilines is 1. The van der Waals surface area contributed by atoms with E-state index in [-0.39, 0.29) is 40.3 Å². The number of fused-ring (bicyclic) bond motifs is 2. The lowest BCUT2D eigenvalue weighted by Crippen LogP contribution is -2.39. The van der Waals surface area contributed by atoms with E-state index < -0.39 is 49.5 Å². The van der Waals surface area contributed by atoms with Crippen molar-refractivity contribution in [2.75, 3.05) is 36.2 Å². The zero-order valence-electron chi connectivity index (χ0n) is 23.5. The lowest BCUT2D eigenvalue weighted by Gasteiger charge is -2.24. The van der Waals surface area contributed by atoms with Crippen LogP contribution in [0.25, 0.3) is 22.4 Å². The van der Waals surface area contributed by atoms with Gasteiger partial charge in [-0.1, -0.05) is 0 Å². The van der Waals surface area contributed by atoms with Crippen LogP contribution in [-0.4, -0.2) is 65.7 Å². The van der Waals surface area contributed by atoms with Gasteiger partial charge >= 0.3 is 0 Å². The van der Waals surface area contributed by atoms with Gasteiger partial charge in [0.15, 0.2) is 5.58 Å². The molecular weight excluding hydrogens is 605 g/mol. The Morgan fingerprint density at radius 1 is 1.07 bits per heavy atom. The van der Waals surface area contributed by atoms with Gasteiger partial charge in [-0.05, 0) is 55.5 Å². The Balaban J connectivity index is 1.61. The van der Waals surface area contributed by atoms with Crippen molar-refractivity contribution < 1.29 is 44.7 Å². The summed E-state index contributed by atoms with van der Waals surface area (Å²) in [5.41, 5.74) is 3.28. The molecule has 15 heteroatoms. The summed E-state index contributed by atoms with van der Waals surface area (Å²) in [6.45, 7) is 1.35. The molecule has 0 aliphatic carbocycles. The molecule has 0 bridgehead atoms. The third kappa shape index (κ3) is 6.64. The number of nitrogens with zero attached hydrogens (tertiary/aromatic N) is 2. The predicted molar refractivity (Wildman–Crippen MR) is 156 cm³/mol. The predicted octanol–water partition coefficient (Wildman–Crippen LogP) is 3.99. The van der Waals surface area contributed by atoms with E-state index in [1.54, 1.807) is 31.2 Å². The van der Waals surface area contributed by atoms with Gasteiger partial charge in [0.1, 0.15) is 44.0 Å². The number of hydrogen-bond acceptors (Lipinski definition) is 10. The van der Waals surface area contributed by atoms with Crippen molar-refractivity contribution >= 4 is 42.6 Å². The van der Waals surface area contributed by atoms with Crippen molar-refractivity contribution in [1.82, 2.24) is 10.5 Å². The van der Waals surface area contributed by atoms with Crippen molar-refractivity contribution in [3.63, 3.8) is 0 Å². The van der Waals surface area contributed by atoms with Gasteiger partial charge in [-0.15, -0.1) is 0 Å². The zero-order chi connectivity index (χ0) is 31.1. The average molecular weight is 634 g/mol. The second-order valence-electron chi connectivity index (χ2n) is 10.0. The first kappa shape index (κ1) is 30.4. The van der Waals surface area contributed by atoms with Crippen LogP contribution in [0, 0.1) is 5.82 Å². The molecule has 43 heavy (non-hydrogen) atoms. The Kier molecular flexibility index (Phi) is 8.17. The Morgan fingerprint density at radius 3 is 2.28 bits per heavy atom. The van der Waals surface area contributed by atoms with E-state index in [0.717, 1.165) is 16.8 Å². The van der Waals surface area contributed by atoms with Crippen LogP contribution in [0.15, 0.2) is 59.0 Å². The molecule has 0 saturated heterocycles. The van der Waals surface area contributed by atoms with E-state index >= 15 is 0 Å². The molecule has 228 valence electrons. The van der Waals surface area contributed by atoms with Gasteiger partial charge < -0.3 is 13.9 Å². The molecule has 5 rings (SSSR count). The first-order valence-corrected chi connectivity index (χ1v) is 16.8. The minimum Gasteiger partial charge on any atom is -0.457 e.